The maximum Gasteiger partial charge on any atom is 0.146 e. The Hall–Kier alpha value is -0.960. The number of pyridine rings is 1. The summed E-state index contributed by atoms with van der Waals surface area (Å²) >= 11 is 0. The maximum absolute atomic E-state index is 13.6. The van der Waals surface area contributed by atoms with E-state index >= 15 is 0 Å². The molecule has 0 radical (unpaired) electrons. The number of rotatable bonds is 6. The molecule has 0 aliphatic carbocycles. The van der Waals surface area contributed by atoms with Crippen molar-refractivity contribution in [1.82, 2.24) is 10.3 Å². The lowest BCUT2D eigenvalue weighted by molar-refractivity contribution is 0.425. The zero-order valence-corrected chi connectivity index (χ0v) is 10.3. The molecule has 1 N–H and O–H groups in total. The Morgan fingerprint density at radius 2 is 2.12 bits per heavy atom. The lowest BCUT2D eigenvalue weighted by Crippen LogP contribution is -2.23. The van der Waals surface area contributed by atoms with Crippen LogP contribution in [0.3, 0.4) is 0 Å². The summed E-state index contributed by atoms with van der Waals surface area (Å²) in [6, 6.07) is 3.14. The van der Waals surface area contributed by atoms with E-state index in [1.54, 1.807) is 12.3 Å². The predicted molar refractivity (Wildman–Crippen MR) is 64.7 cm³/mol. The van der Waals surface area contributed by atoms with E-state index in [0.717, 1.165) is 19.4 Å². The van der Waals surface area contributed by atoms with Crippen LogP contribution < -0.4 is 5.32 Å². The summed E-state index contributed by atoms with van der Waals surface area (Å²) in [5.74, 6) is 0.421. The molecule has 0 fully saturated rings. The molecule has 1 unspecified atom stereocenters. The van der Waals surface area contributed by atoms with Crippen molar-refractivity contribution in [3.8, 4) is 0 Å². The van der Waals surface area contributed by atoms with Crippen molar-refractivity contribution < 1.29 is 4.39 Å². The van der Waals surface area contributed by atoms with Gasteiger partial charge in [0, 0.05) is 6.20 Å². The summed E-state index contributed by atoms with van der Waals surface area (Å²) in [4.78, 5) is 4.14. The fraction of sp³-hybridized carbons (Fsp3) is 0.615. The van der Waals surface area contributed by atoms with Crippen LogP contribution in [0.5, 0.6) is 0 Å². The van der Waals surface area contributed by atoms with Gasteiger partial charge in [-0.25, -0.2) is 4.39 Å². The summed E-state index contributed by atoms with van der Waals surface area (Å²) in [5, 5.41) is 3.29. The third-order valence-corrected chi connectivity index (χ3v) is 2.60. The first-order valence-corrected chi connectivity index (χ1v) is 5.99. The Morgan fingerprint density at radius 3 is 2.69 bits per heavy atom. The molecule has 1 rings (SSSR count). The SMILES string of the molecule is CCNC(CCC(C)C)c1ncccc1F. The molecule has 1 aromatic rings. The van der Waals surface area contributed by atoms with Gasteiger partial charge in [-0.15, -0.1) is 0 Å². The predicted octanol–water partition coefficient (Wildman–Crippen LogP) is 3.31. The molecule has 2 nitrogen and oxygen atoms in total. The fourth-order valence-electron chi connectivity index (χ4n) is 1.74. The summed E-state index contributed by atoms with van der Waals surface area (Å²) in [6.45, 7) is 7.22. The van der Waals surface area contributed by atoms with E-state index in [-0.39, 0.29) is 11.9 Å². The van der Waals surface area contributed by atoms with Gasteiger partial charge in [-0.05, 0) is 37.4 Å². The van der Waals surface area contributed by atoms with Crippen LogP contribution in [0.25, 0.3) is 0 Å². The van der Waals surface area contributed by atoms with Crippen molar-refractivity contribution in [3.05, 3.63) is 29.8 Å². The molecule has 0 aromatic carbocycles. The molecule has 16 heavy (non-hydrogen) atoms. The van der Waals surface area contributed by atoms with Crippen molar-refractivity contribution >= 4 is 0 Å². The molecule has 0 bridgehead atoms. The first-order valence-electron chi connectivity index (χ1n) is 5.99. The summed E-state index contributed by atoms with van der Waals surface area (Å²) in [5.41, 5.74) is 0.546. The number of nitrogens with one attached hydrogen (secondary N) is 1. The second kappa shape index (κ2) is 6.59. The second-order valence-corrected chi connectivity index (χ2v) is 4.45. The molecule has 0 aliphatic heterocycles. The van der Waals surface area contributed by atoms with Crippen LogP contribution >= 0.6 is 0 Å². The van der Waals surface area contributed by atoms with Crippen LogP contribution in [-0.4, -0.2) is 11.5 Å². The van der Waals surface area contributed by atoms with Gasteiger partial charge in [-0.2, -0.15) is 0 Å². The number of aromatic nitrogens is 1. The average Bonchev–Trinajstić information content (AvgIpc) is 2.25. The van der Waals surface area contributed by atoms with E-state index in [0.29, 0.717) is 11.6 Å². The van der Waals surface area contributed by atoms with E-state index in [2.05, 4.69) is 24.1 Å². The van der Waals surface area contributed by atoms with E-state index in [1.807, 2.05) is 6.92 Å². The van der Waals surface area contributed by atoms with Gasteiger partial charge < -0.3 is 5.32 Å². The first kappa shape index (κ1) is 13.1. The van der Waals surface area contributed by atoms with E-state index in [9.17, 15) is 4.39 Å². The largest absolute Gasteiger partial charge is 0.309 e. The molecule has 0 saturated carbocycles. The van der Waals surface area contributed by atoms with E-state index < -0.39 is 0 Å². The summed E-state index contributed by atoms with van der Waals surface area (Å²) < 4.78 is 13.6. The molecule has 1 aromatic heterocycles. The number of hydrogen-bond acceptors (Lipinski definition) is 2. The topological polar surface area (TPSA) is 24.9 Å². The fourth-order valence-corrected chi connectivity index (χ4v) is 1.74. The van der Waals surface area contributed by atoms with Crippen LogP contribution in [0.1, 0.15) is 45.3 Å². The van der Waals surface area contributed by atoms with Gasteiger partial charge in [0.2, 0.25) is 0 Å². The molecular weight excluding hydrogens is 203 g/mol. The van der Waals surface area contributed by atoms with Gasteiger partial charge >= 0.3 is 0 Å². The van der Waals surface area contributed by atoms with Crippen LogP contribution in [0.2, 0.25) is 0 Å². The van der Waals surface area contributed by atoms with Crippen LogP contribution in [0.4, 0.5) is 4.39 Å². The Balaban J connectivity index is 2.73. The lowest BCUT2D eigenvalue weighted by atomic mass is 10.0. The Morgan fingerprint density at radius 1 is 1.38 bits per heavy atom. The van der Waals surface area contributed by atoms with Crippen LogP contribution in [0, 0.1) is 11.7 Å². The van der Waals surface area contributed by atoms with E-state index in [4.69, 9.17) is 0 Å². The van der Waals surface area contributed by atoms with E-state index in [1.165, 1.54) is 6.07 Å². The molecule has 1 atom stereocenters. The van der Waals surface area contributed by atoms with Gasteiger partial charge in [0.15, 0.2) is 0 Å². The molecule has 0 aliphatic rings. The van der Waals surface area contributed by atoms with Crippen molar-refractivity contribution in [3.63, 3.8) is 0 Å². The Labute approximate surface area is 97.3 Å². The highest BCUT2D eigenvalue weighted by atomic mass is 19.1. The highest BCUT2D eigenvalue weighted by Crippen LogP contribution is 2.21. The molecule has 1 heterocycles. The summed E-state index contributed by atoms with van der Waals surface area (Å²) in [7, 11) is 0. The van der Waals surface area contributed by atoms with Crippen molar-refractivity contribution in [2.45, 2.75) is 39.7 Å². The zero-order chi connectivity index (χ0) is 12.0. The zero-order valence-electron chi connectivity index (χ0n) is 10.3. The minimum Gasteiger partial charge on any atom is -0.309 e. The molecule has 0 saturated heterocycles. The maximum atomic E-state index is 13.6. The smallest absolute Gasteiger partial charge is 0.146 e. The van der Waals surface area contributed by atoms with Crippen LogP contribution in [0.15, 0.2) is 18.3 Å². The lowest BCUT2D eigenvalue weighted by Gasteiger charge is -2.18. The first-order chi connectivity index (χ1) is 7.65. The third kappa shape index (κ3) is 3.89. The average molecular weight is 224 g/mol. The number of hydrogen-bond donors (Lipinski definition) is 1. The molecule has 0 spiro atoms. The van der Waals surface area contributed by atoms with Crippen molar-refractivity contribution in [2.24, 2.45) is 5.92 Å². The Kier molecular flexibility index (Phi) is 5.39. The van der Waals surface area contributed by atoms with Gasteiger partial charge in [-0.3, -0.25) is 4.98 Å². The molecular formula is C13H21FN2. The van der Waals surface area contributed by atoms with Gasteiger partial charge in [0.1, 0.15) is 5.82 Å². The quantitative estimate of drug-likeness (QED) is 0.802. The third-order valence-electron chi connectivity index (χ3n) is 2.60. The number of halogens is 1. The highest BCUT2D eigenvalue weighted by Gasteiger charge is 2.15. The molecule has 0 amide bonds. The normalized spacial score (nSPS) is 13.1. The number of nitrogens with zero attached hydrogens (tertiary/aromatic N) is 1. The molecule has 90 valence electrons. The van der Waals surface area contributed by atoms with Gasteiger partial charge in [0.25, 0.3) is 0 Å². The van der Waals surface area contributed by atoms with Gasteiger partial charge in [0.05, 0.1) is 11.7 Å². The van der Waals surface area contributed by atoms with Crippen molar-refractivity contribution in [1.29, 1.82) is 0 Å². The Bertz CT molecular complexity index is 313. The highest BCUT2D eigenvalue weighted by molar-refractivity contribution is 5.11. The van der Waals surface area contributed by atoms with Crippen LogP contribution in [-0.2, 0) is 0 Å². The summed E-state index contributed by atoms with van der Waals surface area (Å²) in [6.07, 6.45) is 3.66. The monoisotopic (exact) mass is 224 g/mol. The standard InChI is InChI=1S/C13H21FN2/c1-4-15-12(8-7-10(2)3)13-11(14)6-5-9-16-13/h5-6,9-10,12,15H,4,7-8H2,1-3H3. The van der Waals surface area contributed by atoms with Crippen molar-refractivity contribution in [2.75, 3.05) is 6.54 Å². The molecule has 3 heteroatoms. The minimum absolute atomic E-state index is 0.0357. The van der Waals surface area contributed by atoms with Gasteiger partial charge in [-0.1, -0.05) is 20.8 Å². The minimum atomic E-state index is -0.211. The second-order valence-electron chi connectivity index (χ2n) is 4.45.